The third kappa shape index (κ3) is 4.30. The Morgan fingerprint density at radius 1 is 1.00 bits per heavy atom. The number of pyridine rings is 2. The molecule has 3 heterocycles. The van der Waals surface area contributed by atoms with E-state index in [-0.39, 0.29) is 10.8 Å². The highest BCUT2D eigenvalue weighted by molar-refractivity contribution is 7.89. The van der Waals surface area contributed by atoms with E-state index in [1.807, 2.05) is 37.3 Å². The molecule has 1 saturated heterocycles. The molecular formula is C26H24N4O3S. The number of carbonyl (C=O) groups excluding carboxylic acids is 1. The smallest absolute Gasteiger partial charge is 0.256 e. The first kappa shape index (κ1) is 22.2. The van der Waals surface area contributed by atoms with Crippen molar-refractivity contribution in [2.45, 2.75) is 24.7 Å². The Balaban J connectivity index is 1.47. The average molecular weight is 473 g/mol. The molecule has 1 amide bonds. The second kappa shape index (κ2) is 8.96. The number of hydrogen-bond acceptors (Lipinski definition) is 5. The Kier molecular flexibility index (Phi) is 5.85. The number of aryl methyl sites for hydroxylation is 1. The van der Waals surface area contributed by atoms with Gasteiger partial charge in [0.05, 0.1) is 21.7 Å². The maximum atomic E-state index is 13.3. The van der Waals surface area contributed by atoms with Crippen LogP contribution in [0.5, 0.6) is 0 Å². The van der Waals surface area contributed by atoms with E-state index in [0.717, 1.165) is 29.4 Å². The lowest BCUT2D eigenvalue weighted by Gasteiger charge is -2.16. The first-order chi connectivity index (χ1) is 16.4. The average Bonchev–Trinajstić information content (AvgIpc) is 3.40. The number of fused-ring (bicyclic) bond motifs is 1. The van der Waals surface area contributed by atoms with Gasteiger partial charge in [-0.15, -0.1) is 0 Å². The van der Waals surface area contributed by atoms with Gasteiger partial charge in [-0.1, -0.05) is 11.6 Å². The van der Waals surface area contributed by atoms with Crippen LogP contribution in [0.3, 0.4) is 0 Å². The standard InChI is InChI=1S/C26H24N4O3S/c1-18-6-11-24-22(15-18)23(16-25(29-24)19-5-4-12-27-17-19)26(31)28-20-7-9-21(10-8-20)34(32,33)30-13-2-3-14-30/h4-12,15-17H,2-3,13-14H2,1H3,(H,28,31). The lowest BCUT2D eigenvalue weighted by molar-refractivity contribution is 0.102. The van der Waals surface area contributed by atoms with Crippen LogP contribution in [0.15, 0.2) is 78.0 Å². The maximum Gasteiger partial charge on any atom is 0.256 e. The first-order valence-electron chi connectivity index (χ1n) is 11.2. The van der Waals surface area contributed by atoms with Gasteiger partial charge in [0.25, 0.3) is 5.91 Å². The van der Waals surface area contributed by atoms with Crippen LogP contribution >= 0.6 is 0 Å². The molecule has 2 aromatic heterocycles. The highest BCUT2D eigenvalue weighted by Crippen LogP contribution is 2.27. The number of benzene rings is 2. The Bertz CT molecular complexity index is 1460. The normalized spacial score (nSPS) is 14.4. The van der Waals surface area contributed by atoms with Gasteiger partial charge < -0.3 is 5.32 Å². The molecule has 7 nitrogen and oxygen atoms in total. The van der Waals surface area contributed by atoms with Gasteiger partial charge in [0.15, 0.2) is 0 Å². The number of aromatic nitrogens is 2. The van der Waals surface area contributed by atoms with Crippen LogP contribution in [-0.4, -0.2) is 41.7 Å². The Hall–Kier alpha value is -3.62. The molecule has 172 valence electrons. The van der Waals surface area contributed by atoms with E-state index in [9.17, 15) is 13.2 Å². The fourth-order valence-corrected chi connectivity index (χ4v) is 5.69. The van der Waals surface area contributed by atoms with Gasteiger partial charge in [0.1, 0.15) is 0 Å². The molecule has 2 aromatic carbocycles. The Morgan fingerprint density at radius 2 is 1.76 bits per heavy atom. The number of anilines is 1. The van der Waals surface area contributed by atoms with Crippen molar-refractivity contribution < 1.29 is 13.2 Å². The van der Waals surface area contributed by atoms with E-state index in [1.54, 1.807) is 42.7 Å². The fourth-order valence-electron chi connectivity index (χ4n) is 4.18. The molecular weight excluding hydrogens is 448 g/mol. The zero-order valence-corrected chi connectivity index (χ0v) is 19.5. The second-order valence-electron chi connectivity index (χ2n) is 8.41. The molecule has 8 heteroatoms. The van der Waals surface area contributed by atoms with Gasteiger partial charge in [-0.05, 0) is 74.4 Å². The SMILES string of the molecule is Cc1ccc2nc(-c3cccnc3)cc(C(=O)Nc3ccc(S(=O)(=O)N4CCCC4)cc3)c2c1. The predicted octanol–water partition coefficient (Wildman–Crippen LogP) is 4.64. The van der Waals surface area contributed by atoms with Gasteiger partial charge in [0, 0.05) is 42.1 Å². The maximum absolute atomic E-state index is 13.3. The van der Waals surface area contributed by atoms with Gasteiger partial charge in [-0.3, -0.25) is 9.78 Å². The lowest BCUT2D eigenvalue weighted by Crippen LogP contribution is -2.27. The molecule has 0 atom stereocenters. The lowest BCUT2D eigenvalue weighted by atomic mass is 10.0. The number of hydrogen-bond donors (Lipinski definition) is 1. The minimum atomic E-state index is -3.50. The topological polar surface area (TPSA) is 92.3 Å². The molecule has 0 radical (unpaired) electrons. The molecule has 0 spiro atoms. The van der Waals surface area contributed by atoms with Crippen molar-refractivity contribution in [3.8, 4) is 11.3 Å². The summed E-state index contributed by atoms with van der Waals surface area (Å²) in [5.41, 5.74) is 4.21. The molecule has 34 heavy (non-hydrogen) atoms. The first-order valence-corrected chi connectivity index (χ1v) is 12.6. The van der Waals surface area contributed by atoms with Crippen molar-refractivity contribution >= 4 is 32.5 Å². The highest BCUT2D eigenvalue weighted by atomic mass is 32.2. The van der Waals surface area contributed by atoms with Crippen LogP contribution in [0.4, 0.5) is 5.69 Å². The summed E-state index contributed by atoms with van der Waals surface area (Å²) in [5.74, 6) is -0.293. The minimum absolute atomic E-state index is 0.233. The highest BCUT2D eigenvalue weighted by Gasteiger charge is 2.27. The quantitative estimate of drug-likeness (QED) is 0.457. The summed E-state index contributed by atoms with van der Waals surface area (Å²) >= 11 is 0. The number of amides is 1. The van der Waals surface area contributed by atoms with Gasteiger partial charge in [-0.25, -0.2) is 13.4 Å². The molecule has 0 aliphatic carbocycles. The number of sulfonamides is 1. The third-order valence-corrected chi connectivity index (χ3v) is 7.89. The summed E-state index contributed by atoms with van der Waals surface area (Å²) in [4.78, 5) is 22.4. The van der Waals surface area contributed by atoms with Crippen molar-refractivity contribution in [3.05, 3.63) is 84.2 Å². The molecule has 0 unspecified atom stereocenters. The summed E-state index contributed by atoms with van der Waals surface area (Å²) in [5, 5.41) is 3.65. The van der Waals surface area contributed by atoms with E-state index in [4.69, 9.17) is 4.98 Å². The fraction of sp³-hybridized carbons (Fsp3) is 0.192. The molecule has 0 bridgehead atoms. The molecule has 1 aliphatic rings. The van der Waals surface area contributed by atoms with Crippen molar-refractivity contribution in [3.63, 3.8) is 0 Å². The van der Waals surface area contributed by atoms with Crippen LogP contribution in [0.25, 0.3) is 22.2 Å². The number of nitrogens with zero attached hydrogens (tertiary/aromatic N) is 3. The van der Waals surface area contributed by atoms with E-state index in [1.165, 1.54) is 4.31 Å². The molecule has 0 saturated carbocycles. The number of nitrogens with one attached hydrogen (secondary N) is 1. The molecule has 4 aromatic rings. The predicted molar refractivity (Wildman–Crippen MR) is 132 cm³/mol. The van der Waals surface area contributed by atoms with E-state index in [2.05, 4.69) is 10.3 Å². The summed E-state index contributed by atoms with van der Waals surface area (Å²) in [6.07, 6.45) is 5.17. The Labute approximate surface area is 198 Å². The zero-order chi connectivity index (χ0) is 23.7. The largest absolute Gasteiger partial charge is 0.322 e. The third-order valence-electron chi connectivity index (χ3n) is 5.98. The van der Waals surface area contributed by atoms with Crippen molar-refractivity contribution in [1.29, 1.82) is 0 Å². The van der Waals surface area contributed by atoms with Crippen LogP contribution in [-0.2, 0) is 10.0 Å². The van der Waals surface area contributed by atoms with Crippen molar-refractivity contribution in [2.75, 3.05) is 18.4 Å². The summed E-state index contributed by atoms with van der Waals surface area (Å²) < 4.78 is 27.0. The monoisotopic (exact) mass is 472 g/mol. The molecule has 1 N–H and O–H groups in total. The molecule has 5 rings (SSSR count). The zero-order valence-electron chi connectivity index (χ0n) is 18.7. The minimum Gasteiger partial charge on any atom is -0.322 e. The number of carbonyl (C=O) groups is 1. The van der Waals surface area contributed by atoms with E-state index in [0.29, 0.717) is 35.6 Å². The van der Waals surface area contributed by atoms with Gasteiger partial charge >= 0.3 is 0 Å². The van der Waals surface area contributed by atoms with Crippen molar-refractivity contribution in [1.82, 2.24) is 14.3 Å². The van der Waals surface area contributed by atoms with Crippen LogP contribution in [0, 0.1) is 6.92 Å². The molecule has 1 aliphatic heterocycles. The van der Waals surface area contributed by atoms with Crippen LogP contribution in [0.2, 0.25) is 0 Å². The van der Waals surface area contributed by atoms with Gasteiger partial charge in [-0.2, -0.15) is 4.31 Å². The summed E-state index contributed by atoms with van der Waals surface area (Å²) in [7, 11) is -3.50. The summed E-state index contributed by atoms with van der Waals surface area (Å²) in [6.45, 7) is 3.07. The van der Waals surface area contributed by atoms with Crippen LogP contribution < -0.4 is 5.32 Å². The van der Waals surface area contributed by atoms with Gasteiger partial charge in [0.2, 0.25) is 10.0 Å². The van der Waals surface area contributed by atoms with E-state index < -0.39 is 10.0 Å². The summed E-state index contributed by atoms with van der Waals surface area (Å²) in [6, 6.07) is 17.6. The second-order valence-corrected chi connectivity index (χ2v) is 10.3. The Morgan fingerprint density at radius 3 is 2.47 bits per heavy atom. The number of rotatable bonds is 5. The van der Waals surface area contributed by atoms with E-state index >= 15 is 0 Å². The molecule has 1 fully saturated rings. The van der Waals surface area contributed by atoms with Crippen LogP contribution in [0.1, 0.15) is 28.8 Å². The van der Waals surface area contributed by atoms with Crippen molar-refractivity contribution in [2.24, 2.45) is 0 Å².